The summed E-state index contributed by atoms with van der Waals surface area (Å²) < 4.78 is 15.2. The van der Waals surface area contributed by atoms with Crippen molar-refractivity contribution >= 4 is 102 Å². The van der Waals surface area contributed by atoms with Crippen molar-refractivity contribution in [1.29, 1.82) is 0 Å². The lowest BCUT2D eigenvalue weighted by Crippen LogP contribution is -2.74. The third kappa shape index (κ3) is 7.37. The predicted molar refractivity (Wildman–Crippen MR) is 381 cm³/mol. The smallest absolute Gasteiger partial charge is 0.319 e. The highest BCUT2D eigenvalue weighted by Gasteiger charge is 2.53. The molecule has 5 nitrogen and oxygen atoms in total. The molecule has 0 unspecified atom stereocenters. The molecule has 16 aromatic rings. The molecule has 0 saturated heterocycles. The van der Waals surface area contributed by atoms with E-state index in [0.717, 1.165) is 67.5 Å². The second-order valence-electron chi connectivity index (χ2n) is 24.7. The van der Waals surface area contributed by atoms with Gasteiger partial charge in [-0.05, 0) is 168 Å². The molecule has 0 bridgehead atoms. The van der Waals surface area contributed by atoms with E-state index >= 15 is 0 Å². The summed E-state index contributed by atoms with van der Waals surface area (Å²) in [6.45, 7) is -0.384. The largest absolute Gasteiger partial charge is 0.458 e. The highest BCUT2D eigenvalue weighted by Crippen LogP contribution is 2.53. The van der Waals surface area contributed by atoms with Crippen LogP contribution in [0.2, 0.25) is 0 Å². The highest BCUT2D eigenvalue weighted by molar-refractivity contribution is 7.08. The zero-order valence-electron chi connectivity index (χ0n) is 49.4. The fourth-order valence-corrected chi connectivity index (χ4v) is 16.0. The summed E-state index contributed by atoms with van der Waals surface area (Å²) in [5, 5.41) is 4.83. The zero-order valence-corrected chi connectivity index (χ0v) is 49.4. The monoisotopic (exact) mass is 1150 g/mol. The summed E-state index contributed by atoms with van der Waals surface area (Å²) in [5.74, 6) is 1.75. The number of rotatable bonds is 7. The Morgan fingerprint density at radius 3 is 1.15 bits per heavy atom. The van der Waals surface area contributed by atoms with Gasteiger partial charge in [0, 0.05) is 67.2 Å². The number of ether oxygens (including phenoxy) is 1. The van der Waals surface area contributed by atoms with Crippen LogP contribution in [0, 0.1) is 0 Å². The second kappa shape index (κ2) is 19.4. The van der Waals surface area contributed by atoms with E-state index in [4.69, 9.17) is 4.74 Å². The molecule has 0 aliphatic carbocycles. The molecule has 4 aliphatic heterocycles. The Morgan fingerprint density at radius 1 is 0.253 bits per heavy atom. The van der Waals surface area contributed by atoms with Gasteiger partial charge in [0.2, 0.25) is 0 Å². The van der Waals surface area contributed by atoms with Crippen LogP contribution in [0.15, 0.2) is 315 Å². The molecule has 0 fully saturated rings. The summed E-state index contributed by atoms with van der Waals surface area (Å²) in [6.07, 6.45) is 0. The summed E-state index contributed by atoms with van der Waals surface area (Å²) >= 11 is 0. The molecule has 0 spiro atoms. The summed E-state index contributed by atoms with van der Waals surface area (Å²) in [7, 11) is 0. The first-order valence-corrected chi connectivity index (χ1v) is 31.5. The molecular formula is C84H52B2N4O. The number of hydrogen-bond acceptors (Lipinski definition) is 3. The Morgan fingerprint density at radius 2 is 0.659 bits per heavy atom. The Bertz CT molecular complexity index is 5510. The number of para-hydroxylation sites is 4. The Hall–Kier alpha value is -11.8. The van der Waals surface area contributed by atoms with Crippen molar-refractivity contribution in [3.63, 3.8) is 0 Å². The number of nitrogens with zero attached hydrogens (tertiary/aromatic N) is 4. The Balaban J connectivity index is 0.863. The highest BCUT2D eigenvalue weighted by atomic mass is 16.5. The minimum atomic E-state index is -0.199. The van der Waals surface area contributed by atoms with Crippen LogP contribution in [0.3, 0.4) is 0 Å². The van der Waals surface area contributed by atoms with Crippen LogP contribution in [0.5, 0.6) is 11.5 Å². The van der Waals surface area contributed by atoms with Gasteiger partial charge in [0.1, 0.15) is 11.5 Å². The number of fused-ring (bicyclic) bond motifs is 14. The third-order valence-electron chi connectivity index (χ3n) is 19.9. The van der Waals surface area contributed by atoms with Crippen LogP contribution < -0.4 is 36.2 Å². The van der Waals surface area contributed by atoms with Crippen molar-refractivity contribution in [1.82, 2.24) is 9.13 Å². The third-order valence-corrected chi connectivity index (χ3v) is 19.9. The van der Waals surface area contributed by atoms with Gasteiger partial charge in [0.25, 0.3) is 0 Å². The molecule has 0 atom stereocenters. The topological polar surface area (TPSA) is 25.6 Å². The summed E-state index contributed by atoms with van der Waals surface area (Å²) in [5.41, 5.74) is 30.6. The SMILES string of the molecule is c1ccc(-c2ccc3c(c2)c2cc(-c4ccccc4)ccc2n3-c2cc3c4c(c2)-c2cccc5c2N(B4c2ccccc2O3)B2c3ccccc3N(c3ccccc3)c3cc(-n4c6ccc(-c7ccccc7)cc6c6cc(-c7ccccc7)ccc64)cc-5c32)cc1. The van der Waals surface area contributed by atoms with E-state index in [1.165, 1.54) is 110 Å². The van der Waals surface area contributed by atoms with E-state index in [1.54, 1.807) is 0 Å². The van der Waals surface area contributed by atoms with Crippen LogP contribution in [0.4, 0.5) is 22.7 Å². The van der Waals surface area contributed by atoms with Gasteiger partial charge in [-0.25, -0.2) is 0 Å². The van der Waals surface area contributed by atoms with Crippen LogP contribution in [-0.4, -0.2) is 22.8 Å². The maximum absolute atomic E-state index is 7.36. The van der Waals surface area contributed by atoms with Crippen LogP contribution in [-0.2, 0) is 0 Å². The zero-order chi connectivity index (χ0) is 59.4. The molecule has 2 aromatic heterocycles. The average Bonchev–Trinajstić information content (AvgIpc) is 1.07. The maximum atomic E-state index is 7.36. The minimum absolute atomic E-state index is 0.185. The fraction of sp³-hybridized carbons (Fsp3) is 0. The van der Waals surface area contributed by atoms with Crippen LogP contribution >= 0.6 is 0 Å². The van der Waals surface area contributed by atoms with Crippen molar-refractivity contribution < 1.29 is 4.74 Å². The number of hydrogen-bond donors (Lipinski definition) is 0. The van der Waals surface area contributed by atoms with Crippen LogP contribution in [0.1, 0.15) is 0 Å². The second-order valence-corrected chi connectivity index (χ2v) is 24.7. The van der Waals surface area contributed by atoms with E-state index < -0.39 is 0 Å². The molecule has 0 saturated carbocycles. The molecule has 20 rings (SSSR count). The normalized spacial score (nSPS) is 13.1. The standard InChI is InChI=1S/C84H52B2N4O/c1-6-21-53(22-7-1)57-37-41-74-66(45-57)67-46-58(54-23-8-2-9-24-54)38-42-75(67)88(74)62-49-70-64-31-20-32-65-71-50-63(89-76-43-39-59(55-25-10-3-11-26-55)47-68(76)69-48-60(40-44-77(69)89)56-27-12-4-13-28-56)52-81-83(71)86(73-34-17-19-36-80(73)91-81)90(84(64)65)85-72-33-16-18-35-78(72)87(79(51-62)82(70)85)61-29-14-5-15-30-61/h1-52H. The summed E-state index contributed by atoms with van der Waals surface area (Å²) in [4.78, 5) is 2.53. The van der Waals surface area contributed by atoms with Crippen molar-refractivity contribution in [2.24, 2.45) is 0 Å². The maximum Gasteiger partial charge on any atom is 0.319 e. The van der Waals surface area contributed by atoms with Gasteiger partial charge in [0.15, 0.2) is 0 Å². The first-order chi connectivity index (χ1) is 45.1. The van der Waals surface area contributed by atoms with Gasteiger partial charge >= 0.3 is 13.7 Å². The van der Waals surface area contributed by atoms with E-state index in [0.29, 0.717) is 0 Å². The van der Waals surface area contributed by atoms with Gasteiger partial charge in [-0.3, -0.25) is 0 Å². The van der Waals surface area contributed by atoms with E-state index in [-0.39, 0.29) is 13.7 Å². The molecule has 6 heterocycles. The molecule has 420 valence electrons. The molecule has 91 heavy (non-hydrogen) atoms. The average molecular weight is 1150 g/mol. The Kier molecular flexibility index (Phi) is 10.7. The van der Waals surface area contributed by atoms with E-state index in [9.17, 15) is 0 Å². The van der Waals surface area contributed by atoms with Gasteiger partial charge in [-0.2, -0.15) is 0 Å². The van der Waals surface area contributed by atoms with Crippen molar-refractivity contribution in [3.8, 4) is 89.6 Å². The number of benzene rings is 14. The van der Waals surface area contributed by atoms with Crippen molar-refractivity contribution in [2.45, 2.75) is 0 Å². The Labute approximate surface area is 527 Å². The van der Waals surface area contributed by atoms with Gasteiger partial charge < -0.3 is 23.5 Å². The lowest BCUT2D eigenvalue weighted by Gasteiger charge is -2.52. The first kappa shape index (κ1) is 50.2. The van der Waals surface area contributed by atoms with E-state index in [2.05, 4.69) is 334 Å². The fourth-order valence-electron chi connectivity index (χ4n) is 16.0. The molecule has 14 aromatic carbocycles. The van der Waals surface area contributed by atoms with Crippen molar-refractivity contribution in [3.05, 3.63) is 315 Å². The summed E-state index contributed by atoms with van der Waals surface area (Å²) in [6, 6.07) is 117. The van der Waals surface area contributed by atoms with E-state index in [1.807, 2.05) is 0 Å². The predicted octanol–water partition coefficient (Wildman–Crippen LogP) is 18.8. The number of aromatic nitrogens is 2. The minimum Gasteiger partial charge on any atom is -0.458 e. The molecular weight excluding hydrogens is 1100 g/mol. The molecule has 0 radical (unpaired) electrons. The van der Waals surface area contributed by atoms with Gasteiger partial charge in [-0.15, -0.1) is 0 Å². The first-order valence-electron chi connectivity index (χ1n) is 31.5. The van der Waals surface area contributed by atoms with Crippen molar-refractivity contribution in [2.75, 3.05) is 9.62 Å². The molecule has 0 amide bonds. The van der Waals surface area contributed by atoms with Gasteiger partial charge in [-0.1, -0.05) is 218 Å². The molecule has 4 aliphatic rings. The quantitative estimate of drug-likeness (QED) is 0.149. The lowest BCUT2D eigenvalue weighted by atomic mass is 9.32. The van der Waals surface area contributed by atoms with Gasteiger partial charge in [0.05, 0.1) is 27.8 Å². The van der Waals surface area contributed by atoms with Crippen LogP contribution in [0.25, 0.3) is 122 Å². The molecule has 7 heteroatoms. The lowest BCUT2D eigenvalue weighted by molar-refractivity contribution is 0.487. The molecule has 0 N–H and O–H groups in total. The number of anilines is 4.